The maximum absolute atomic E-state index is 11.6. The van der Waals surface area contributed by atoms with Crippen LogP contribution in [-0.2, 0) is 4.79 Å². The zero-order valence-corrected chi connectivity index (χ0v) is 12.0. The lowest BCUT2D eigenvalue weighted by Gasteiger charge is -2.21. The molecule has 2 N–H and O–H groups in total. The molecule has 1 fully saturated rings. The maximum Gasteiger partial charge on any atom is 0.220 e. The highest BCUT2D eigenvalue weighted by Crippen LogP contribution is 2.28. The van der Waals surface area contributed by atoms with Crippen LogP contribution in [0, 0.1) is 11.3 Å². The lowest BCUT2D eigenvalue weighted by atomic mass is 9.89. The molecule has 3 nitrogen and oxygen atoms in total. The van der Waals surface area contributed by atoms with Crippen LogP contribution in [0.15, 0.2) is 0 Å². The van der Waals surface area contributed by atoms with E-state index in [9.17, 15) is 4.79 Å². The topological polar surface area (TPSA) is 49.3 Å². The fourth-order valence-electron chi connectivity index (χ4n) is 2.60. The number of hydrogen-bond acceptors (Lipinski definition) is 2. The minimum absolute atomic E-state index is 0.0193. The highest BCUT2D eigenvalue weighted by molar-refractivity contribution is 5.75. The Hall–Kier alpha value is -0.570. The number of hydrogen-bond donors (Lipinski definition) is 2. The van der Waals surface area contributed by atoms with Gasteiger partial charge in [0, 0.05) is 19.6 Å². The smallest absolute Gasteiger partial charge is 0.220 e. The van der Waals surface area contributed by atoms with Crippen molar-refractivity contribution in [2.24, 2.45) is 11.3 Å². The van der Waals surface area contributed by atoms with Crippen molar-refractivity contribution in [2.45, 2.75) is 65.2 Å². The molecule has 1 aliphatic carbocycles. The van der Waals surface area contributed by atoms with Crippen LogP contribution in [0.5, 0.6) is 0 Å². The van der Waals surface area contributed by atoms with E-state index in [0.717, 1.165) is 31.7 Å². The van der Waals surface area contributed by atoms with E-state index in [-0.39, 0.29) is 17.9 Å². The predicted molar refractivity (Wildman–Crippen MR) is 74.3 cm³/mol. The van der Waals surface area contributed by atoms with Crippen molar-refractivity contribution in [2.75, 3.05) is 13.2 Å². The summed E-state index contributed by atoms with van der Waals surface area (Å²) < 4.78 is 0. The minimum atomic E-state index is -0.0193. The summed E-state index contributed by atoms with van der Waals surface area (Å²) in [6, 6.07) is 0. The third-order valence-corrected chi connectivity index (χ3v) is 4.03. The zero-order chi connectivity index (χ0) is 13.4. The van der Waals surface area contributed by atoms with Gasteiger partial charge >= 0.3 is 0 Å². The monoisotopic (exact) mass is 255 g/mol. The van der Waals surface area contributed by atoms with E-state index in [1.54, 1.807) is 0 Å². The van der Waals surface area contributed by atoms with Crippen LogP contribution in [0.25, 0.3) is 0 Å². The second-order valence-corrected chi connectivity index (χ2v) is 6.46. The van der Waals surface area contributed by atoms with Crippen molar-refractivity contribution in [3.63, 3.8) is 0 Å². The third-order valence-electron chi connectivity index (χ3n) is 4.03. The van der Waals surface area contributed by atoms with Crippen LogP contribution in [-0.4, -0.2) is 24.2 Å². The van der Waals surface area contributed by atoms with Crippen molar-refractivity contribution in [3.05, 3.63) is 0 Å². The standard InChI is InChI=1S/C15H29NO2/c1-15(2,12-17)10-5-11-16-14(18)9-8-13-6-3-4-7-13/h13,17H,3-12H2,1-2H3,(H,16,18). The van der Waals surface area contributed by atoms with Gasteiger partial charge < -0.3 is 10.4 Å². The molecule has 0 spiro atoms. The highest BCUT2D eigenvalue weighted by Gasteiger charge is 2.17. The molecule has 0 radical (unpaired) electrons. The molecule has 1 rings (SSSR count). The quantitative estimate of drug-likeness (QED) is 0.655. The van der Waals surface area contributed by atoms with Crippen LogP contribution in [0.1, 0.15) is 65.2 Å². The fraction of sp³-hybridized carbons (Fsp3) is 0.933. The number of carbonyl (C=O) groups is 1. The normalized spacial score (nSPS) is 17.1. The molecule has 18 heavy (non-hydrogen) atoms. The van der Waals surface area contributed by atoms with Crippen LogP contribution in [0.2, 0.25) is 0 Å². The molecule has 0 saturated heterocycles. The van der Waals surface area contributed by atoms with E-state index in [4.69, 9.17) is 5.11 Å². The molecule has 3 heteroatoms. The van der Waals surface area contributed by atoms with Gasteiger partial charge in [0.2, 0.25) is 5.91 Å². The number of amides is 1. The molecule has 0 aromatic carbocycles. The SMILES string of the molecule is CC(C)(CO)CCCNC(=O)CCC1CCCC1. The third kappa shape index (κ3) is 6.39. The lowest BCUT2D eigenvalue weighted by Crippen LogP contribution is -2.26. The van der Waals surface area contributed by atoms with E-state index < -0.39 is 0 Å². The summed E-state index contributed by atoms with van der Waals surface area (Å²) in [5.41, 5.74) is -0.0193. The number of carbonyl (C=O) groups excluding carboxylic acids is 1. The van der Waals surface area contributed by atoms with Gasteiger partial charge in [-0.2, -0.15) is 0 Å². The van der Waals surface area contributed by atoms with Gasteiger partial charge in [-0.05, 0) is 30.6 Å². The summed E-state index contributed by atoms with van der Waals surface area (Å²) >= 11 is 0. The van der Waals surface area contributed by atoms with Crippen LogP contribution in [0.3, 0.4) is 0 Å². The first-order valence-corrected chi connectivity index (χ1v) is 7.41. The number of nitrogens with one attached hydrogen (secondary N) is 1. The molecule has 1 amide bonds. The van der Waals surface area contributed by atoms with E-state index in [1.807, 2.05) is 0 Å². The van der Waals surface area contributed by atoms with Crippen molar-refractivity contribution in [1.82, 2.24) is 5.32 Å². The molecule has 1 saturated carbocycles. The molecule has 0 unspecified atom stereocenters. The second-order valence-electron chi connectivity index (χ2n) is 6.46. The van der Waals surface area contributed by atoms with Gasteiger partial charge in [0.25, 0.3) is 0 Å². The maximum atomic E-state index is 11.6. The van der Waals surface area contributed by atoms with Gasteiger partial charge in [-0.25, -0.2) is 0 Å². The Kier molecular flexibility index (Phi) is 6.69. The molecule has 1 aliphatic rings. The van der Waals surface area contributed by atoms with Gasteiger partial charge in [-0.3, -0.25) is 4.79 Å². The summed E-state index contributed by atoms with van der Waals surface area (Å²) in [4.78, 5) is 11.6. The molecule has 0 heterocycles. The Balaban J connectivity index is 1.99. The van der Waals surface area contributed by atoms with Gasteiger partial charge in [-0.15, -0.1) is 0 Å². The summed E-state index contributed by atoms with van der Waals surface area (Å²) in [6.07, 6.45) is 8.98. The average Bonchev–Trinajstić information content (AvgIpc) is 2.85. The Morgan fingerprint density at radius 1 is 1.33 bits per heavy atom. The van der Waals surface area contributed by atoms with E-state index in [1.165, 1.54) is 25.7 Å². The molecule has 0 bridgehead atoms. The number of rotatable bonds is 8. The average molecular weight is 255 g/mol. The molecule has 0 aromatic rings. The molecular formula is C15H29NO2. The van der Waals surface area contributed by atoms with E-state index >= 15 is 0 Å². The molecular weight excluding hydrogens is 226 g/mol. The number of aliphatic hydroxyl groups excluding tert-OH is 1. The molecule has 0 atom stereocenters. The summed E-state index contributed by atoms with van der Waals surface area (Å²) in [7, 11) is 0. The molecule has 106 valence electrons. The highest BCUT2D eigenvalue weighted by atomic mass is 16.3. The first-order chi connectivity index (χ1) is 8.53. The van der Waals surface area contributed by atoms with Gasteiger partial charge in [0.05, 0.1) is 0 Å². The van der Waals surface area contributed by atoms with Crippen LogP contribution in [0.4, 0.5) is 0 Å². The van der Waals surface area contributed by atoms with E-state index in [0.29, 0.717) is 6.42 Å². The summed E-state index contributed by atoms with van der Waals surface area (Å²) in [6.45, 7) is 5.05. The fourth-order valence-corrected chi connectivity index (χ4v) is 2.60. The van der Waals surface area contributed by atoms with Gasteiger partial charge in [0.1, 0.15) is 0 Å². The van der Waals surface area contributed by atoms with Gasteiger partial charge in [0.15, 0.2) is 0 Å². The van der Waals surface area contributed by atoms with Crippen molar-refractivity contribution >= 4 is 5.91 Å². The van der Waals surface area contributed by atoms with Crippen molar-refractivity contribution < 1.29 is 9.90 Å². The van der Waals surface area contributed by atoms with Crippen molar-refractivity contribution in [3.8, 4) is 0 Å². The Morgan fingerprint density at radius 2 is 2.00 bits per heavy atom. The first kappa shape index (κ1) is 15.5. The van der Waals surface area contributed by atoms with Crippen LogP contribution < -0.4 is 5.32 Å². The molecule has 0 aromatic heterocycles. The predicted octanol–water partition coefficient (Wildman–Crippen LogP) is 2.87. The Bertz CT molecular complexity index is 245. The summed E-state index contributed by atoms with van der Waals surface area (Å²) in [5, 5.41) is 12.1. The van der Waals surface area contributed by atoms with Crippen molar-refractivity contribution in [1.29, 1.82) is 0 Å². The largest absolute Gasteiger partial charge is 0.396 e. The Labute approximate surface area is 111 Å². The Morgan fingerprint density at radius 3 is 2.61 bits per heavy atom. The summed E-state index contributed by atoms with van der Waals surface area (Å²) in [5.74, 6) is 0.993. The number of aliphatic hydroxyl groups is 1. The minimum Gasteiger partial charge on any atom is -0.396 e. The van der Waals surface area contributed by atoms with Gasteiger partial charge in [-0.1, -0.05) is 39.5 Å². The first-order valence-electron chi connectivity index (χ1n) is 7.41. The van der Waals surface area contributed by atoms with E-state index in [2.05, 4.69) is 19.2 Å². The van der Waals surface area contributed by atoms with Crippen LogP contribution >= 0.6 is 0 Å². The molecule has 0 aliphatic heterocycles. The second kappa shape index (κ2) is 7.78. The lowest BCUT2D eigenvalue weighted by molar-refractivity contribution is -0.121. The zero-order valence-electron chi connectivity index (χ0n) is 12.0.